The lowest BCUT2D eigenvalue weighted by Crippen LogP contribution is -2.42. The van der Waals surface area contributed by atoms with E-state index >= 15 is 0 Å². The first kappa shape index (κ1) is 16.5. The van der Waals surface area contributed by atoms with Gasteiger partial charge < -0.3 is 15.3 Å². The van der Waals surface area contributed by atoms with E-state index in [1.54, 1.807) is 7.05 Å². The Morgan fingerprint density at radius 3 is 2.50 bits per heavy atom. The van der Waals surface area contributed by atoms with Gasteiger partial charge in [-0.1, -0.05) is 13.3 Å². The first-order valence-corrected chi connectivity index (χ1v) is 7.20. The second kappa shape index (κ2) is 7.87. The van der Waals surface area contributed by atoms with Gasteiger partial charge in [-0.15, -0.1) is 0 Å². The smallest absolute Gasteiger partial charge is 0.306 e. The molecular formula is C14H24N2O4. The average Bonchev–Trinajstić information content (AvgIpc) is 2.44. The van der Waals surface area contributed by atoms with Gasteiger partial charge in [0.15, 0.2) is 0 Å². The van der Waals surface area contributed by atoms with Crippen molar-refractivity contribution in [1.29, 1.82) is 0 Å². The second-order valence-corrected chi connectivity index (χ2v) is 5.44. The van der Waals surface area contributed by atoms with E-state index in [4.69, 9.17) is 5.11 Å². The monoisotopic (exact) mass is 284 g/mol. The molecule has 6 heteroatoms. The van der Waals surface area contributed by atoms with E-state index in [2.05, 4.69) is 5.32 Å². The summed E-state index contributed by atoms with van der Waals surface area (Å²) in [5.74, 6) is -1.82. The van der Waals surface area contributed by atoms with E-state index in [1.807, 2.05) is 6.92 Å². The van der Waals surface area contributed by atoms with Crippen LogP contribution in [0.15, 0.2) is 0 Å². The minimum Gasteiger partial charge on any atom is -0.481 e. The summed E-state index contributed by atoms with van der Waals surface area (Å²) in [6.07, 6.45) is 3.34. The number of nitrogens with one attached hydrogen (secondary N) is 1. The summed E-state index contributed by atoms with van der Waals surface area (Å²) in [7, 11) is 1.60. The van der Waals surface area contributed by atoms with Crippen LogP contribution >= 0.6 is 0 Å². The van der Waals surface area contributed by atoms with Crippen molar-refractivity contribution in [1.82, 2.24) is 10.2 Å². The van der Waals surface area contributed by atoms with Crippen LogP contribution in [0.5, 0.6) is 0 Å². The highest BCUT2D eigenvalue weighted by atomic mass is 16.4. The Labute approximate surface area is 119 Å². The molecule has 1 aliphatic carbocycles. The Bertz CT molecular complexity index is 370. The topological polar surface area (TPSA) is 86.7 Å². The maximum Gasteiger partial charge on any atom is 0.306 e. The third-order valence-electron chi connectivity index (χ3n) is 3.70. The Morgan fingerprint density at radius 2 is 1.90 bits per heavy atom. The van der Waals surface area contributed by atoms with Gasteiger partial charge in [0.05, 0.1) is 12.5 Å². The zero-order valence-electron chi connectivity index (χ0n) is 12.2. The number of nitrogens with zero attached hydrogens (tertiary/aromatic N) is 1. The molecular weight excluding hydrogens is 260 g/mol. The molecule has 1 fully saturated rings. The second-order valence-electron chi connectivity index (χ2n) is 5.44. The highest BCUT2D eigenvalue weighted by Crippen LogP contribution is 2.30. The van der Waals surface area contributed by atoms with Crippen LogP contribution in [0.25, 0.3) is 0 Å². The molecule has 0 heterocycles. The van der Waals surface area contributed by atoms with Crippen LogP contribution in [0, 0.1) is 11.8 Å². The van der Waals surface area contributed by atoms with Crippen LogP contribution in [-0.4, -0.2) is 47.9 Å². The van der Waals surface area contributed by atoms with E-state index in [0.29, 0.717) is 25.8 Å². The molecule has 1 aliphatic rings. The number of carboxylic acids is 1. The minimum absolute atomic E-state index is 0.0348. The molecule has 6 nitrogen and oxygen atoms in total. The number of hydrogen-bond acceptors (Lipinski definition) is 3. The molecule has 0 aromatic heterocycles. The van der Waals surface area contributed by atoms with Gasteiger partial charge in [-0.25, -0.2) is 0 Å². The van der Waals surface area contributed by atoms with Gasteiger partial charge in [0.2, 0.25) is 11.8 Å². The largest absolute Gasteiger partial charge is 0.481 e. The van der Waals surface area contributed by atoms with Crippen molar-refractivity contribution in [3.05, 3.63) is 0 Å². The number of amides is 2. The fraction of sp³-hybridized carbons (Fsp3) is 0.786. The zero-order valence-corrected chi connectivity index (χ0v) is 12.2. The summed E-state index contributed by atoms with van der Waals surface area (Å²) in [5.41, 5.74) is 0. The fourth-order valence-electron chi connectivity index (χ4n) is 2.56. The molecule has 2 atom stereocenters. The van der Waals surface area contributed by atoms with Crippen LogP contribution in [0.1, 0.15) is 39.0 Å². The van der Waals surface area contributed by atoms with Gasteiger partial charge in [-0.2, -0.15) is 0 Å². The van der Waals surface area contributed by atoms with Gasteiger partial charge in [0, 0.05) is 19.5 Å². The molecule has 0 aromatic carbocycles. The summed E-state index contributed by atoms with van der Waals surface area (Å²) in [6, 6.07) is 0. The third kappa shape index (κ3) is 4.83. The highest BCUT2D eigenvalue weighted by molar-refractivity contribution is 5.86. The summed E-state index contributed by atoms with van der Waals surface area (Å²) >= 11 is 0. The van der Waals surface area contributed by atoms with Crippen molar-refractivity contribution >= 4 is 17.8 Å². The quantitative estimate of drug-likeness (QED) is 0.757. The maximum absolute atomic E-state index is 12.2. The van der Waals surface area contributed by atoms with E-state index in [9.17, 15) is 14.4 Å². The third-order valence-corrected chi connectivity index (χ3v) is 3.70. The summed E-state index contributed by atoms with van der Waals surface area (Å²) in [5, 5.41) is 11.8. The summed E-state index contributed by atoms with van der Waals surface area (Å²) in [6.45, 7) is 2.60. The van der Waals surface area contributed by atoms with Crippen molar-refractivity contribution in [3.63, 3.8) is 0 Å². The number of likely N-dealkylation sites (N-methyl/N-ethyl adjacent to an activating group) is 1. The SMILES string of the molecule is CCCNC(=O)CN(C)C(=O)C1CCCC(C(=O)O)C1. The van der Waals surface area contributed by atoms with E-state index in [1.165, 1.54) is 4.90 Å². The lowest BCUT2D eigenvalue weighted by Gasteiger charge is -2.29. The van der Waals surface area contributed by atoms with E-state index in [0.717, 1.165) is 12.8 Å². The molecule has 0 radical (unpaired) electrons. The van der Waals surface area contributed by atoms with Gasteiger partial charge in [-0.3, -0.25) is 14.4 Å². The van der Waals surface area contributed by atoms with Crippen molar-refractivity contribution < 1.29 is 19.5 Å². The molecule has 2 amide bonds. The predicted molar refractivity (Wildman–Crippen MR) is 74.0 cm³/mol. The molecule has 2 unspecified atom stereocenters. The van der Waals surface area contributed by atoms with Crippen molar-refractivity contribution in [2.75, 3.05) is 20.1 Å². The van der Waals surface area contributed by atoms with E-state index in [-0.39, 0.29) is 24.3 Å². The predicted octanol–water partition coefficient (Wildman–Crippen LogP) is 0.862. The van der Waals surface area contributed by atoms with Crippen LogP contribution in [0.2, 0.25) is 0 Å². The Hall–Kier alpha value is -1.59. The number of carbonyl (C=O) groups excluding carboxylic acids is 2. The Morgan fingerprint density at radius 1 is 1.25 bits per heavy atom. The number of carboxylic acid groups (broad SMARTS) is 1. The molecule has 0 aromatic rings. The number of hydrogen-bond donors (Lipinski definition) is 2. The zero-order chi connectivity index (χ0) is 15.1. The summed E-state index contributed by atoms with van der Waals surface area (Å²) < 4.78 is 0. The highest BCUT2D eigenvalue weighted by Gasteiger charge is 2.32. The Kier molecular flexibility index (Phi) is 6.48. The van der Waals surface area contributed by atoms with Gasteiger partial charge in [0.1, 0.15) is 0 Å². The van der Waals surface area contributed by atoms with Crippen molar-refractivity contribution in [3.8, 4) is 0 Å². The molecule has 1 rings (SSSR count). The Balaban J connectivity index is 2.47. The molecule has 2 N–H and O–H groups in total. The van der Waals surface area contributed by atoms with Gasteiger partial charge in [0.25, 0.3) is 0 Å². The molecule has 0 saturated heterocycles. The van der Waals surface area contributed by atoms with Crippen LogP contribution in [0.3, 0.4) is 0 Å². The van der Waals surface area contributed by atoms with Crippen molar-refractivity contribution in [2.45, 2.75) is 39.0 Å². The average molecular weight is 284 g/mol. The molecule has 1 saturated carbocycles. The fourth-order valence-corrected chi connectivity index (χ4v) is 2.56. The van der Waals surface area contributed by atoms with Crippen LogP contribution in [0.4, 0.5) is 0 Å². The molecule has 114 valence electrons. The van der Waals surface area contributed by atoms with Crippen molar-refractivity contribution in [2.24, 2.45) is 11.8 Å². The lowest BCUT2D eigenvalue weighted by molar-refractivity contribution is -0.146. The lowest BCUT2D eigenvalue weighted by atomic mass is 9.81. The minimum atomic E-state index is -0.828. The number of rotatable bonds is 6. The van der Waals surface area contributed by atoms with E-state index < -0.39 is 11.9 Å². The molecule has 0 bridgehead atoms. The van der Waals surface area contributed by atoms with Gasteiger partial charge >= 0.3 is 5.97 Å². The number of carbonyl (C=O) groups is 3. The normalized spacial score (nSPS) is 22.1. The standard InChI is InChI=1S/C14H24N2O4/c1-3-7-15-12(17)9-16(2)13(18)10-5-4-6-11(8-10)14(19)20/h10-11H,3-9H2,1-2H3,(H,15,17)(H,19,20). The van der Waals surface area contributed by atoms with Gasteiger partial charge in [-0.05, 0) is 25.7 Å². The first-order valence-electron chi connectivity index (χ1n) is 7.20. The molecule has 20 heavy (non-hydrogen) atoms. The molecule has 0 spiro atoms. The van der Waals surface area contributed by atoms with Crippen LogP contribution in [-0.2, 0) is 14.4 Å². The first-order chi connectivity index (χ1) is 9.45. The van der Waals surface area contributed by atoms with Crippen LogP contribution < -0.4 is 5.32 Å². The summed E-state index contributed by atoms with van der Waals surface area (Å²) in [4.78, 5) is 36.2. The molecule has 0 aliphatic heterocycles. The number of aliphatic carboxylic acids is 1. The maximum atomic E-state index is 12.2.